The molecule has 0 spiro atoms. The highest BCUT2D eigenvalue weighted by atomic mass is 16.5. The van der Waals surface area contributed by atoms with Crippen molar-refractivity contribution < 1.29 is 9.53 Å². The smallest absolute Gasteiger partial charge is 0.312 e. The van der Waals surface area contributed by atoms with E-state index in [9.17, 15) is 4.79 Å². The van der Waals surface area contributed by atoms with Gasteiger partial charge in [-0.15, -0.1) is 0 Å². The molecular formula is C19H28O2. The van der Waals surface area contributed by atoms with E-state index in [0.717, 1.165) is 42.4 Å². The molecule has 0 aromatic carbocycles. The fraction of sp³-hybridized carbons (Fsp3) is 0.842. The molecule has 4 aliphatic carbocycles. The Bertz CT molecular complexity index is 510. The van der Waals surface area contributed by atoms with Gasteiger partial charge in [-0.25, -0.2) is 0 Å². The first kappa shape index (κ1) is 13.8. The Labute approximate surface area is 128 Å². The van der Waals surface area contributed by atoms with Crippen molar-refractivity contribution in [1.82, 2.24) is 0 Å². The molecule has 0 saturated heterocycles. The minimum atomic E-state index is -0.235. The summed E-state index contributed by atoms with van der Waals surface area (Å²) in [7, 11) is 1.58. The molecule has 3 fully saturated rings. The minimum absolute atomic E-state index is 0.0760. The van der Waals surface area contributed by atoms with Crippen LogP contribution in [0.2, 0.25) is 0 Å². The maximum Gasteiger partial charge on any atom is 0.312 e. The fourth-order valence-electron chi connectivity index (χ4n) is 7.54. The number of carbonyl (C=O) groups is 1. The van der Waals surface area contributed by atoms with Gasteiger partial charge >= 0.3 is 5.97 Å². The average Bonchev–Trinajstić information content (AvgIpc) is 3.23. The molecule has 8 unspecified atom stereocenters. The predicted molar refractivity (Wildman–Crippen MR) is 82.5 cm³/mol. The van der Waals surface area contributed by atoms with Crippen molar-refractivity contribution in [2.24, 2.45) is 46.3 Å². The molecule has 4 bridgehead atoms. The molecule has 2 heteroatoms. The van der Waals surface area contributed by atoms with E-state index in [1.807, 2.05) is 0 Å². The molecule has 0 aliphatic heterocycles. The topological polar surface area (TPSA) is 26.3 Å². The molecule has 0 radical (unpaired) electrons. The van der Waals surface area contributed by atoms with Crippen LogP contribution in [0, 0.1) is 46.3 Å². The molecule has 0 heterocycles. The lowest BCUT2D eigenvalue weighted by Gasteiger charge is -2.54. The van der Waals surface area contributed by atoms with Crippen molar-refractivity contribution in [3.05, 3.63) is 12.2 Å². The van der Waals surface area contributed by atoms with Crippen LogP contribution >= 0.6 is 0 Å². The van der Waals surface area contributed by atoms with Crippen molar-refractivity contribution in [3.8, 4) is 0 Å². The summed E-state index contributed by atoms with van der Waals surface area (Å²) in [6, 6.07) is 0. The molecule has 21 heavy (non-hydrogen) atoms. The molecule has 2 nitrogen and oxygen atoms in total. The van der Waals surface area contributed by atoms with Gasteiger partial charge in [0, 0.05) is 0 Å². The zero-order chi connectivity index (χ0) is 15.0. The van der Waals surface area contributed by atoms with E-state index in [4.69, 9.17) is 4.74 Å². The fourth-order valence-corrected chi connectivity index (χ4v) is 7.54. The van der Waals surface area contributed by atoms with Gasteiger partial charge in [-0.05, 0) is 66.6 Å². The average molecular weight is 288 g/mol. The highest BCUT2D eigenvalue weighted by molar-refractivity contribution is 5.79. The van der Waals surface area contributed by atoms with Gasteiger partial charge < -0.3 is 4.74 Å². The van der Waals surface area contributed by atoms with E-state index >= 15 is 0 Å². The standard InChI is InChI=1S/C19H28O2/c1-5-18(3)13-10-14(19(18,6-2)17(20)21-4)16-12-8-7-11(9-12)15(13)16/h7-8,11-16H,5-6,9-10H2,1-4H3. The van der Waals surface area contributed by atoms with Crippen molar-refractivity contribution in [2.45, 2.75) is 46.5 Å². The number of rotatable bonds is 3. The third-order valence-corrected chi connectivity index (χ3v) is 8.33. The number of methoxy groups -OCH3 is 1. The molecular weight excluding hydrogens is 260 g/mol. The molecule has 0 amide bonds. The van der Waals surface area contributed by atoms with Crippen molar-refractivity contribution in [2.75, 3.05) is 7.11 Å². The number of allylic oxidation sites excluding steroid dienone is 2. The maximum absolute atomic E-state index is 12.9. The number of fused-ring (bicyclic) bond motifs is 9. The SMILES string of the molecule is CCC1(C)C2CC(C3C4C=CC(C4)C32)C1(CC)C(=O)OC. The molecule has 0 N–H and O–H groups in total. The summed E-state index contributed by atoms with van der Waals surface area (Å²) in [5.74, 6) is 4.49. The number of hydrogen-bond acceptors (Lipinski definition) is 2. The minimum Gasteiger partial charge on any atom is -0.469 e. The summed E-state index contributed by atoms with van der Waals surface area (Å²) >= 11 is 0. The lowest BCUT2D eigenvalue weighted by Crippen LogP contribution is -2.55. The van der Waals surface area contributed by atoms with Crippen molar-refractivity contribution in [3.63, 3.8) is 0 Å². The van der Waals surface area contributed by atoms with Gasteiger partial charge in [0.25, 0.3) is 0 Å². The van der Waals surface area contributed by atoms with E-state index in [1.165, 1.54) is 12.8 Å². The van der Waals surface area contributed by atoms with Gasteiger partial charge in [0.15, 0.2) is 0 Å². The number of carbonyl (C=O) groups excluding carboxylic acids is 1. The van der Waals surface area contributed by atoms with E-state index in [0.29, 0.717) is 5.92 Å². The third-order valence-electron chi connectivity index (χ3n) is 8.33. The Morgan fingerprint density at radius 3 is 2.24 bits per heavy atom. The first-order valence-corrected chi connectivity index (χ1v) is 8.81. The van der Waals surface area contributed by atoms with Gasteiger partial charge in [0.2, 0.25) is 0 Å². The van der Waals surface area contributed by atoms with Gasteiger partial charge in [-0.2, -0.15) is 0 Å². The van der Waals surface area contributed by atoms with Gasteiger partial charge in [0.1, 0.15) is 0 Å². The lowest BCUT2D eigenvalue weighted by atomic mass is 9.48. The second-order valence-corrected chi connectivity index (χ2v) is 8.14. The molecule has 0 aromatic rings. The highest BCUT2D eigenvalue weighted by Gasteiger charge is 2.76. The Morgan fingerprint density at radius 1 is 1.10 bits per heavy atom. The van der Waals surface area contributed by atoms with Crippen molar-refractivity contribution in [1.29, 1.82) is 0 Å². The zero-order valence-electron chi connectivity index (χ0n) is 13.8. The second-order valence-electron chi connectivity index (χ2n) is 8.14. The normalized spacial score (nSPS) is 56.0. The van der Waals surface area contributed by atoms with Gasteiger partial charge in [-0.3, -0.25) is 4.79 Å². The third kappa shape index (κ3) is 1.26. The van der Waals surface area contributed by atoms with Crippen LogP contribution in [0.5, 0.6) is 0 Å². The summed E-state index contributed by atoms with van der Waals surface area (Å²) in [6.07, 6.45) is 9.58. The first-order chi connectivity index (χ1) is 10.0. The van der Waals surface area contributed by atoms with Crippen LogP contribution in [-0.4, -0.2) is 13.1 Å². The maximum atomic E-state index is 12.9. The lowest BCUT2D eigenvalue weighted by molar-refractivity contribution is -0.176. The Hall–Kier alpha value is -0.790. The Morgan fingerprint density at radius 2 is 1.71 bits per heavy atom. The quantitative estimate of drug-likeness (QED) is 0.445. The van der Waals surface area contributed by atoms with Crippen LogP contribution in [-0.2, 0) is 9.53 Å². The van der Waals surface area contributed by atoms with E-state index in [-0.39, 0.29) is 16.8 Å². The molecule has 4 rings (SSSR count). The van der Waals surface area contributed by atoms with Gasteiger partial charge in [0.05, 0.1) is 12.5 Å². The van der Waals surface area contributed by atoms with Crippen molar-refractivity contribution >= 4 is 5.97 Å². The molecule has 4 aliphatic rings. The van der Waals surface area contributed by atoms with Crippen LogP contribution in [0.15, 0.2) is 12.2 Å². The predicted octanol–water partition coefficient (Wildman–Crippen LogP) is 4.06. The van der Waals surface area contributed by atoms with Crippen LogP contribution in [0.3, 0.4) is 0 Å². The van der Waals surface area contributed by atoms with Crippen LogP contribution in [0.25, 0.3) is 0 Å². The van der Waals surface area contributed by atoms with Crippen LogP contribution < -0.4 is 0 Å². The van der Waals surface area contributed by atoms with Crippen LogP contribution in [0.1, 0.15) is 46.5 Å². The summed E-state index contributed by atoms with van der Waals surface area (Å²) in [6.45, 7) is 6.89. The van der Waals surface area contributed by atoms with E-state index in [2.05, 4.69) is 32.9 Å². The number of esters is 1. The molecule has 8 atom stereocenters. The largest absolute Gasteiger partial charge is 0.469 e. The van der Waals surface area contributed by atoms with E-state index < -0.39 is 0 Å². The summed E-state index contributed by atoms with van der Waals surface area (Å²) in [5, 5.41) is 0. The Balaban J connectivity index is 1.85. The van der Waals surface area contributed by atoms with Crippen LogP contribution in [0.4, 0.5) is 0 Å². The second kappa shape index (κ2) is 4.14. The monoisotopic (exact) mass is 288 g/mol. The number of ether oxygens (including phenoxy) is 1. The summed E-state index contributed by atoms with van der Waals surface area (Å²) in [4.78, 5) is 12.9. The summed E-state index contributed by atoms with van der Waals surface area (Å²) in [5.41, 5.74) is -0.111. The molecule has 0 aromatic heterocycles. The molecule has 116 valence electrons. The summed E-state index contributed by atoms with van der Waals surface area (Å²) < 4.78 is 5.35. The zero-order valence-corrected chi connectivity index (χ0v) is 13.8. The highest BCUT2D eigenvalue weighted by Crippen LogP contribution is 2.78. The first-order valence-electron chi connectivity index (χ1n) is 8.81. The number of hydrogen-bond donors (Lipinski definition) is 0. The van der Waals surface area contributed by atoms with Gasteiger partial charge in [-0.1, -0.05) is 32.9 Å². The van der Waals surface area contributed by atoms with E-state index in [1.54, 1.807) is 7.11 Å². The Kier molecular flexibility index (Phi) is 2.73. The molecule has 3 saturated carbocycles.